The summed E-state index contributed by atoms with van der Waals surface area (Å²) in [5.74, 6) is 0.844. The number of rotatable bonds is 5. The van der Waals surface area contributed by atoms with Gasteiger partial charge in [-0.05, 0) is 31.2 Å². The Labute approximate surface area is 155 Å². The fourth-order valence-corrected chi connectivity index (χ4v) is 3.38. The van der Waals surface area contributed by atoms with Crippen LogP contribution in [-0.4, -0.2) is 38.3 Å². The molecule has 126 valence electrons. The lowest BCUT2D eigenvalue weighted by atomic mass is 9.91. The highest BCUT2D eigenvalue weighted by Gasteiger charge is 2.30. The molecule has 0 amide bonds. The molecular formula is C16H28IN3OS. The molecule has 0 aromatic carbocycles. The zero-order chi connectivity index (χ0) is 15.3. The van der Waals surface area contributed by atoms with Crippen molar-refractivity contribution in [3.8, 4) is 0 Å². The quantitative estimate of drug-likeness (QED) is 0.422. The lowest BCUT2D eigenvalue weighted by Gasteiger charge is -2.27. The molecule has 0 aliphatic carbocycles. The van der Waals surface area contributed by atoms with E-state index in [1.165, 1.54) is 4.88 Å². The Bertz CT molecular complexity index is 468. The van der Waals surface area contributed by atoms with E-state index in [1.807, 2.05) is 7.05 Å². The molecule has 2 N–H and O–H groups in total. The van der Waals surface area contributed by atoms with Gasteiger partial charge in [-0.2, -0.15) is 0 Å². The van der Waals surface area contributed by atoms with Crippen molar-refractivity contribution in [2.45, 2.75) is 44.6 Å². The summed E-state index contributed by atoms with van der Waals surface area (Å²) in [6.45, 7) is 9.18. The monoisotopic (exact) mass is 437 g/mol. The van der Waals surface area contributed by atoms with E-state index in [0.29, 0.717) is 0 Å². The predicted molar refractivity (Wildman–Crippen MR) is 106 cm³/mol. The summed E-state index contributed by atoms with van der Waals surface area (Å²) in [6, 6.07) is 4.29. The number of halogens is 1. The summed E-state index contributed by atoms with van der Waals surface area (Å²) in [4.78, 5) is 5.69. The van der Waals surface area contributed by atoms with E-state index < -0.39 is 0 Å². The molecule has 2 heterocycles. The molecule has 1 aromatic heterocycles. The van der Waals surface area contributed by atoms with E-state index in [0.717, 1.165) is 38.5 Å². The van der Waals surface area contributed by atoms with Crippen LogP contribution in [0, 0.1) is 0 Å². The number of hydrogen-bond donors (Lipinski definition) is 2. The van der Waals surface area contributed by atoms with Gasteiger partial charge in [-0.3, -0.25) is 4.99 Å². The van der Waals surface area contributed by atoms with Gasteiger partial charge in [-0.25, -0.2) is 0 Å². The minimum atomic E-state index is -0.0547. The van der Waals surface area contributed by atoms with Crippen molar-refractivity contribution in [3.63, 3.8) is 0 Å². The first-order chi connectivity index (χ1) is 9.95. The second-order valence-electron chi connectivity index (χ2n) is 6.54. The van der Waals surface area contributed by atoms with Gasteiger partial charge in [0.1, 0.15) is 0 Å². The van der Waals surface area contributed by atoms with E-state index >= 15 is 0 Å². The highest BCUT2D eigenvalue weighted by molar-refractivity contribution is 14.0. The molecule has 1 saturated heterocycles. The maximum Gasteiger partial charge on any atom is 0.191 e. The van der Waals surface area contributed by atoms with Crippen molar-refractivity contribution in [1.82, 2.24) is 10.6 Å². The van der Waals surface area contributed by atoms with E-state index in [9.17, 15) is 0 Å². The highest BCUT2D eigenvalue weighted by atomic mass is 127. The molecular weight excluding hydrogens is 409 g/mol. The van der Waals surface area contributed by atoms with Crippen molar-refractivity contribution in [2.75, 3.05) is 26.7 Å². The Hall–Kier alpha value is -0.340. The van der Waals surface area contributed by atoms with Crippen LogP contribution in [0.1, 0.15) is 38.5 Å². The molecule has 1 aliphatic rings. The number of aliphatic imine (C=N–C) groups is 1. The van der Waals surface area contributed by atoms with Crippen molar-refractivity contribution in [2.24, 2.45) is 4.99 Å². The number of nitrogens with one attached hydrogen (secondary N) is 2. The minimum absolute atomic E-state index is 0. The van der Waals surface area contributed by atoms with Crippen LogP contribution in [0.4, 0.5) is 0 Å². The van der Waals surface area contributed by atoms with E-state index in [2.05, 4.69) is 53.9 Å². The molecule has 0 radical (unpaired) electrons. The lowest BCUT2D eigenvalue weighted by molar-refractivity contribution is 0.0242. The van der Waals surface area contributed by atoms with Gasteiger partial charge >= 0.3 is 0 Å². The second kappa shape index (κ2) is 8.49. The SMILES string of the molecule is CN=C(NCC1(C)CCCO1)NCC(C)(C)c1cccs1.I. The summed E-state index contributed by atoms with van der Waals surface area (Å²) in [6.07, 6.45) is 2.26. The molecule has 1 unspecified atom stereocenters. The average Bonchev–Trinajstić information content (AvgIpc) is 3.11. The standard InChI is InChI=1S/C16H27N3OS.HI/c1-15(2,13-7-5-10-21-13)11-18-14(17-4)19-12-16(3)8-6-9-20-16;/h5,7,10H,6,8-9,11-12H2,1-4H3,(H2,17,18,19);1H. The summed E-state index contributed by atoms with van der Waals surface area (Å²) >= 11 is 1.80. The number of nitrogens with zero attached hydrogens (tertiary/aromatic N) is 1. The normalized spacial score (nSPS) is 22.3. The summed E-state index contributed by atoms with van der Waals surface area (Å²) in [7, 11) is 1.81. The van der Waals surface area contributed by atoms with Crippen molar-refractivity contribution < 1.29 is 4.74 Å². The molecule has 1 fully saturated rings. The molecule has 22 heavy (non-hydrogen) atoms. The van der Waals surface area contributed by atoms with Crippen LogP contribution in [0.5, 0.6) is 0 Å². The minimum Gasteiger partial charge on any atom is -0.373 e. The molecule has 1 aliphatic heterocycles. The van der Waals surface area contributed by atoms with Gasteiger partial charge < -0.3 is 15.4 Å². The highest BCUT2D eigenvalue weighted by Crippen LogP contribution is 2.26. The number of hydrogen-bond acceptors (Lipinski definition) is 3. The summed E-state index contributed by atoms with van der Waals surface area (Å²) in [5, 5.41) is 8.94. The van der Waals surface area contributed by atoms with Crippen molar-refractivity contribution >= 4 is 41.3 Å². The fourth-order valence-electron chi connectivity index (χ4n) is 2.52. The average molecular weight is 437 g/mol. The van der Waals surface area contributed by atoms with E-state index in [-0.39, 0.29) is 35.0 Å². The Morgan fingerprint density at radius 1 is 1.45 bits per heavy atom. The largest absolute Gasteiger partial charge is 0.373 e. The summed E-state index contributed by atoms with van der Waals surface area (Å²) < 4.78 is 5.80. The van der Waals surface area contributed by atoms with Crippen LogP contribution in [0.25, 0.3) is 0 Å². The molecule has 0 spiro atoms. The second-order valence-corrected chi connectivity index (χ2v) is 7.49. The molecule has 1 aromatic rings. The van der Waals surface area contributed by atoms with Crippen molar-refractivity contribution in [3.05, 3.63) is 22.4 Å². The molecule has 0 saturated carbocycles. The fraction of sp³-hybridized carbons (Fsp3) is 0.688. The van der Waals surface area contributed by atoms with Crippen LogP contribution in [0.15, 0.2) is 22.5 Å². The third-order valence-corrected chi connectivity index (χ3v) is 5.28. The molecule has 1 atom stereocenters. The first-order valence-corrected chi connectivity index (χ1v) is 8.46. The van der Waals surface area contributed by atoms with Gasteiger partial charge in [-0.1, -0.05) is 19.9 Å². The molecule has 2 rings (SSSR count). The number of thiophene rings is 1. The first-order valence-electron chi connectivity index (χ1n) is 7.58. The maximum atomic E-state index is 5.80. The maximum absolute atomic E-state index is 5.80. The smallest absolute Gasteiger partial charge is 0.191 e. The van der Waals surface area contributed by atoms with Gasteiger partial charge in [0, 0.05) is 37.0 Å². The van der Waals surface area contributed by atoms with Crippen LogP contribution in [0.3, 0.4) is 0 Å². The van der Waals surface area contributed by atoms with Gasteiger partial charge in [0.15, 0.2) is 5.96 Å². The third-order valence-electron chi connectivity index (χ3n) is 4.04. The van der Waals surface area contributed by atoms with Crippen molar-refractivity contribution in [1.29, 1.82) is 0 Å². The summed E-state index contributed by atoms with van der Waals surface area (Å²) in [5.41, 5.74) is 0.0421. The van der Waals surface area contributed by atoms with Crippen LogP contribution < -0.4 is 10.6 Å². The lowest BCUT2D eigenvalue weighted by Crippen LogP contribution is -2.48. The Morgan fingerprint density at radius 3 is 2.77 bits per heavy atom. The molecule has 6 heteroatoms. The molecule has 0 bridgehead atoms. The Morgan fingerprint density at radius 2 is 2.23 bits per heavy atom. The van der Waals surface area contributed by atoms with Gasteiger partial charge in [0.25, 0.3) is 0 Å². The first kappa shape index (κ1) is 19.7. The number of ether oxygens (including phenoxy) is 1. The van der Waals surface area contributed by atoms with E-state index in [4.69, 9.17) is 4.74 Å². The van der Waals surface area contributed by atoms with E-state index in [1.54, 1.807) is 11.3 Å². The van der Waals surface area contributed by atoms with Gasteiger partial charge in [-0.15, -0.1) is 35.3 Å². The predicted octanol–water partition coefficient (Wildman–Crippen LogP) is 3.38. The zero-order valence-corrected chi connectivity index (χ0v) is 17.1. The third kappa shape index (κ3) is 5.38. The number of guanidine groups is 1. The van der Waals surface area contributed by atoms with Crippen LogP contribution >= 0.6 is 35.3 Å². The topological polar surface area (TPSA) is 45.7 Å². The Balaban J connectivity index is 0.00000242. The van der Waals surface area contributed by atoms with Crippen LogP contribution in [0.2, 0.25) is 0 Å². The Kier molecular flexibility index (Phi) is 7.61. The van der Waals surface area contributed by atoms with Gasteiger partial charge in [0.2, 0.25) is 0 Å². The molecule has 4 nitrogen and oxygen atoms in total. The van der Waals surface area contributed by atoms with Crippen LogP contribution in [-0.2, 0) is 10.2 Å². The van der Waals surface area contributed by atoms with Gasteiger partial charge in [0.05, 0.1) is 5.60 Å². The zero-order valence-electron chi connectivity index (χ0n) is 13.9.